The van der Waals surface area contributed by atoms with Crippen LogP contribution in [0.1, 0.15) is 24.8 Å². The van der Waals surface area contributed by atoms with Gasteiger partial charge in [0.25, 0.3) is 0 Å². The van der Waals surface area contributed by atoms with E-state index in [1.807, 2.05) is 6.07 Å². The van der Waals surface area contributed by atoms with Crippen LogP contribution in [-0.2, 0) is 0 Å². The van der Waals surface area contributed by atoms with Crippen LogP contribution in [0.25, 0.3) is 0 Å². The highest BCUT2D eigenvalue weighted by Crippen LogP contribution is 2.33. The summed E-state index contributed by atoms with van der Waals surface area (Å²) in [6, 6.07) is 7.50. The van der Waals surface area contributed by atoms with Crippen LogP contribution in [0.4, 0.5) is 0 Å². The monoisotopic (exact) mass is 308 g/mol. The number of rotatable bonds is 4. The van der Waals surface area contributed by atoms with Crippen molar-refractivity contribution >= 4 is 15.9 Å². The Labute approximate surface area is 116 Å². The lowest BCUT2D eigenvalue weighted by atomic mass is 9.97. The zero-order valence-corrected chi connectivity index (χ0v) is 11.8. The second-order valence-electron chi connectivity index (χ2n) is 4.75. The fraction of sp³-hybridized carbons (Fsp3) is 0.500. The van der Waals surface area contributed by atoms with Crippen molar-refractivity contribution in [3.05, 3.63) is 28.2 Å². The second-order valence-corrected chi connectivity index (χ2v) is 5.61. The molecule has 1 aliphatic carbocycles. The minimum absolute atomic E-state index is 0.567. The van der Waals surface area contributed by atoms with Crippen LogP contribution >= 0.6 is 15.9 Å². The molecule has 2 N–H and O–H groups in total. The highest BCUT2D eigenvalue weighted by molar-refractivity contribution is 9.10. The SMILES string of the molecule is N#Cc1ccc(OCC2CCCC2CN)c(Br)c1. The number of benzene rings is 1. The van der Waals surface area contributed by atoms with E-state index in [1.54, 1.807) is 12.1 Å². The maximum absolute atomic E-state index is 8.80. The van der Waals surface area contributed by atoms with E-state index in [-0.39, 0.29) is 0 Å². The summed E-state index contributed by atoms with van der Waals surface area (Å²) in [5, 5.41) is 8.80. The molecule has 1 saturated carbocycles. The number of nitrogens with zero attached hydrogens (tertiary/aromatic N) is 1. The normalized spacial score (nSPS) is 22.7. The van der Waals surface area contributed by atoms with Crippen LogP contribution in [-0.4, -0.2) is 13.2 Å². The topological polar surface area (TPSA) is 59.0 Å². The van der Waals surface area contributed by atoms with Gasteiger partial charge < -0.3 is 10.5 Å². The Morgan fingerprint density at radius 3 is 2.83 bits per heavy atom. The maximum atomic E-state index is 8.80. The van der Waals surface area contributed by atoms with Gasteiger partial charge in [0, 0.05) is 0 Å². The van der Waals surface area contributed by atoms with Gasteiger partial charge in [0.15, 0.2) is 0 Å². The molecule has 18 heavy (non-hydrogen) atoms. The molecule has 1 aromatic carbocycles. The molecule has 2 atom stereocenters. The molecule has 3 nitrogen and oxygen atoms in total. The molecule has 1 fully saturated rings. The van der Waals surface area contributed by atoms with Crippen LogP contribution in [0.5, 0.6) is 5.75 Å². The van der Waals surface area contributed by atoms with Crippen LogP contribution in [0, 0.1) is 23.2 Å². The number of nitriles is 1. The number of ether oxygens (including phenoxy) is 1. The lowest BCUT2D eigenvalue weighted by molar-refractivity contribution is 0.216. The van der Waals surface area contributed by atoms with Gasteiger partial charge in [0.2, 0.25) is 0 Å². The second kappa shape index (κ2) is 6.21. The number of halogens is 1. The Morgan fingerprint density at radius 1 is 1.39 bits per heavy atom. The number of hydrogen-bond acceptors (Lipinski definition) is 3. The summed E-state index contributed by atoms with van der Waals surface area (Å²) in [7, 11) is 0. The molecule has 0 amide bonds. The first-order valence-electron chi connectivity index (χ1n) is 6.27. The van der Waals surface area contributed by atoms with Crippen LogP contribution in [0.2, 0.25) is 0 Å². The average Bonchev–Trinajstić information content (AvgIpc) is 2.84. The van der Waals surface area contributed by atoms with Gasteiger partial charge in [-0.05, 0) is 65.4 Å². The zero-order chi connectivity index (χ0) is 13.0. The van der Waals surface area contributed by atoms with E-state index in [2.05, 4.69) is 22.0 Å². The summed E-state index contributed by atoms with van der Waals surface area (Å²) in [6.07, 6.45) is 3.68. The molecule has 0 bridgehead atoms. The molecule has 0 aliphatic heterocycles. The molecule has 1 aromatic rings. The fourth-order valence-corrected chi connectivity index (χ4v) is 3.02. The molecule has 4 heteroatoms. The van der Waals surface area contributed by atoms with Crippen molar-refractivity contribution in [2.24, 2.45) is 17.6 Å². The standard InChI is InChI=1S/C14H17BrN2O/c15-13-6-10(7-16)4-5-14(13)18-9-12-3-1-2-11(12)8-17/h4-6,11-12H,1-3,8-9,17H2. The molecule has 0 spiro atoms. The minimum Gasteiger partial charge on any atom is -0.492 e. The largest absolute Gasteiger partial charge is 0.492 e. The van der Waals surface area contributed by atoms with Gasteiger partial charge >= 0.3 is 0 Å². The Morgan fingerprint density at radius 2 is 2.17 bits per heavy atom. The van der Waals surface area contributed by atoms with Gasteiger partial charge in [-0.25, -0.2) is 0 Å². The van der Waals surface area contributed by atoms with Crippen molar-refractivity contribution in [1.29, 1.82) is 5.26 Å². The summed E-state index contributed by atoms with van der Waals surface area (Å²) >= 11 is 3.43. The van der Waals surface area contributed by atoms with Gasteiger partial charge in [-0.2, -0.15) is 5.26 Å². The summed E-state index contributed by atoms with van der Waals surface area (Å²) in [5.74, 6) is 1.97. The molecule has 2 rings (SSSR count). The van der Waals surface area contributed by atoms with Crippen molar-refractivity contribution in [1.82, 2.24) is 0 Å². The smallest absolute Gasteiger partial charge is 0.133 e. The maximum Gasteiger partial charge on any atom is 0.133 e. The summed E-state index contributed by atoms with van der Waals surface area (Å²) in [4.78, 5) is 0. The molecule has 0 heterocycles. The summed E-state index contributed by atoms with van der Waals surface area (Å²) in [5.41, 5.74) is 6.39. The van der Waals surface area contributed by atoms with E-state index in [9.17, 15) is 0 Å². The Kier molecular flexibility index (Phi) is 4.62. The first-order chi connectivity index (χ1) is 8.74. The van der Waals surface area contributed by atoms with Crippen molar-refractivity contribution < 1.29 is 4.74 Å². The zero-order valence-electron chi connectivity index (χ0n) is 10.2. The molecule has 0 saturated heterocycles. The average molecular weight is 309 g/mol. The minimum atomic E-state index is 0.567. The van der Waals surface area contributed by atoms with Gasteiger partial charge in [0.05, 0.1) is 22.7 Å². The first kappa shape index (κ1) is 13.4. The quantitative estimate of drug-likeness (QED) is 0.930. The number of nitrogens with two attached hydrogens (primary N) is 1. The molecular formula is C14H17BrN2O. The number of hydrogen-bond donors (Lipinski definition) is 1. The highest BCUT2D eigenvalue weighted by atomic mass is 79.9. The van der Waals surface area contributed by atoms with Gasteiger partial charge in [0.1, 0.15) is 5.75 Å². The summed E-state index contributed by atoms with van der Waals surface area (Å²) in [6.45, 7) is 1.47. The predicted molar refractivity (Wildman–Crippen MR) is 74.2 cm³/mol. The van der Waals surface area contributed by atoms with Crippen LogP contribution < -0.4 is 10.5 Å². The van der Waals surface area contributed by atoms with Crippen LogP contribution in [0.3, 0.4) is 0 Å². The van der Waals surface area contributed by atoms with E-state index in [4.69, 9.17) is 15.7 Å². The highest BCUT2D eigenvalue weighted by Gasteiger charge is 2.26. The Hall–Kier alpha value is -1.05. The van der Waals surface area contributed by atoms with E-state index in [0.29, 0.717) is 24.0 Å². The van der Waals surface area contributed by atoms with Crippen molar-refractivity contribution in [3.63, 3.8) is 0 Å². The summed E-state index contributed by atoms with van der Waals surface area (Å²) < 4.78 is 6.68. The van der Waals surface area contributed by atoms with Crippen molar-refractivity contribution in [2.75, 3.05) is 13.2 Å². The van der Waals surface area contributed by atoms with E-state index >= 15 is 0 Å². The third-order valence-corrected chi connectivity index (χ3v) is 4.25. The fourth-order valence-electron chi connectivity index (χ4n) is 2.53. The van der Waals surface area contributed by atoms with Gasteiger partial charge in [-0.3, -0.25) is 0 Å². The van der Waals surface area contributed by atoms with Crippen molar-refractivity contribution in [2.45, 2.75) is 19.3 Å². The first-order valence-corrected chi connectivity index (χ1v) is 7.06. The third-order valence-electron chi connectivity index (χ3n) is 3.63. The molecule has 0 aromatic heterocycles. The van der Waals surface area contributed by atoms with E-state index in [1.165, 1.54) is 19.3 Å². The molecule has 1 aliphatic rings. The lowest BCUT2D eigenvalue weighted by Gasteiger charge is -2.18. The molecule has 0 radical (unpaired) electrons. The lowest BCUT2D eigenvalue weighted by Crippen LogP contribution is -2.23. The Bertz CT molecular complexity index is 456. The predicted octanol–water partition coefficient (Wildman–Crippen LogP) is 3.07. The van der Waals surface area contributed by atoms with Crippen LogP contribution in [0.15, 0.2) is 22.7 Å². The Balaban J connectivity index is 1.96. The van der Waals surface area contributed by atoms with Crippen molar-refractivity contribution in [3.8, 4) is 11.8 Å². The van der Waals surface area contributed by atoms with Gasteiger partial charge in [-0.1, -0.05) is 6.42 Å². The van der Waals surface area contributed by atoms with E-state index < -0.39 is 0 Å². The van der Waals surface area contributed by atoms with E-state index in [0.717, 1.165) is 16.8 Å². The molecule has 96 valence electrons. The molecular weight excluding hydrogens is 292 g/mol. The third kappa shape index (κ3) is 3.04. The molecule has 2 unspecified atom stereocenters. The van der Waals surface area contributed by atoms with Gasteiger partial charge in [-0.15, -0.1) is 0 Å².